The summed E-state index contributed by atoms with van der Waals surface area (Å²) in [6.07, 6.45) is 7.08. The van der Waals surface area contributed by atoms with Crippen LogP contribution in [-0.4, -0.2) is 44.5 Å². The van der Waals surface area contributed by atoms with Gasteiger partial charge < -0.3 is 14.8 Å². The van der Waals surface area contributed by atoms with E-state index < -0.39 is 0 Å². The fraction of sp³-hybridized carbons (Fsp3) is 0.444. The average Bonchev–Trinajstić information content (AvgIpc) is 3.43. The van der Waals surface area contributed by atoms with Crippen LogP contribution >= 0.6 is 0 Å². The molecule has 7 nitrogen and oxygen atoms in total. The standard InChI is InChI=1S/C18H21N5O2/c24-16-3-1-2-8-23(16)11-17(25)22-9-6-14-15(7-10-22)19-12-20-18(14)21-13-4-5-13/h1-3,8,12-13H,4-7,9-11H2,(H,19,20,21). The van der Waals surface area contributed by atoms with Gasteiger partial charge in [0.25, 0.3) is 5.56 Å². The normalized spacial score (nSPS) is 16.9. The van der Waals surface area contributed by atoms with Crippen LogP contribution in [0.1, 0.15) is 24.1 Å². The van der Waals surface area contributed by atoms with E-state index in [-0.39, 0.29) is 18.0 Å². The van der Waals surface area contributed by atoms with Gasteiger partial charge in [0.1, 0.15) is 18.7 Å². The predicted molar refractivity (Wildman–Crippen MR) is 93.4 cm³/mol. The Morgan fingerprint density at radius 1 is 1.20 bits per heavy atom. The molecule has 1 fully saturated rings. The maximum absolute atomic E-state index is 12.6. The summed E-state index contributed by atoms with van der Waals surface area (Å²) in [5.41, 5.74) is 1.99. The second-order valence-electron chi connectivity index (χ2n) is 6.61. The van der Waals surface area contributed by atoms with Crippen molar-refractivity contribution in [3.05, 3.63) is 52.3 Å². The van der Waals surface area contributed by atoms with E-state index in [1.165, 1.54) is 23.5 Å². The number of hydrogen-bond donors (Lipinski definition) is 1. The zero-order chi connectivity index (χ0) is 17.2. The summed E-state index contributed by atoms with van der Waals surface area (Å²) in [7, 11) is 0. The van der Waals surface area contributed by atoms with E-state index in [9.17, 15) is 9.59 Å². The van der Waals surface area contributed by atoms with Gasteiger partial charge in [-0.05, 0) is 25.3 Å². The number of hydrogen-bond acceptors (Lipinski definition) is 5. The Balaban J connectivity index is 1.47. The zero-order valence-electron chi connectivity index (χ0n) is 14.0. The number of amides is 1. The highest BCUT2D eigenvalue weighted by molar-refractivity contribution is 5.76. The van der Waals surface area contributed by atoms with E-state index in [4.69, 9.17) is 0 Å². The first kappa shape index (κ1) is 15.8. The molecule has 0 atom stereocenters. The number of carbonyl (C=O) groups is 1. The lowest BCUT2D eigenvalue weighted by molar-refractivity contribution is -0.131. The van der Waals surface area contributed by atoms with Crippen LogP contribution in [0, 0.1) is 0 Å². The van der Waals surface area contributed by atoms with Crippen LogP contribution in [0.3, 0.4) is 0 Å². The van der Waals surface area contributed by atoms with Crippen molar-refractivity contribution in [3.63, 3.8) is 0 Å². The molecule has 1 amide bonds. The minimum Gasteiger partial charge on any atom is -0.367 e. The Morgan fingerprint density at radius 2 is 2.04 bits per heavy atom. The number of carbonyl (C=O) groups excluding carboxylic acids is 1. The van der Waals surface area contributed by atoms with Gasteiger partial charge in [0.2, 0.25) is 5.91 Å². The number of anilines is 1. The van der Waals surface area contributed by atoms with Crippen LogP contribution < -0.4 is 10.9 Å². The number of rotatable bonds is 4. The van der Waals surface area contributed by atoms with Crippen LogP contribution in [-0.2, 0) is 24.2 Å². The summed E-state index contributed by atoms with van der Waals surface area (Å²) in [6, 6.07) is 5.44. The third-order valence-electron chi connectivity index (χ3n) is 4.76. The molecule has 0 aromatic carbocycles. The Kier molecular flexibility index (Phi) is 4.21. The van der Waals surface area contributed by atoms with Crippen LogP contribution in [0.15, 0.2) is 35.5 Å². The Labute approximate surface area is 145 Å². The quantitative estimate of drug-likeness (QED) is 0.893. The minimum absolute atomic E-state index is 0.0363. The van der Waals surface area contributed by atoms with Gasteiger partial charge in [0, 0.05) is 43.4 Å². The SMILES string of the molecule is O=C(Cn1ccccc1=O)N1CCc2ncnc(NC3CC3)c2CC1. The topological polar surface area (TPSA) is 80.1 Å². The zero-order valence-corrected chi connectivity index (χ0v) is 14.0. The number of fused-ring (bicyclic) bond motifs is 1. The van der Waals surface area contributed by atoms with Gasteiger partial charge in [0.15, 0.2) is 0 Å². The molecule has 25 heavy (non-hydrogen) atoms. The lowest BCUT2D eigenvalue weighted by atomic mass is 10.1. The molecular weight excluding hydrogens is 318 g/mol. The fourth-order valence-corrected chi connectivity index (χ4v) is 3.16. The van der Waals surface area contributed by atoms with Crippen LogP contribution in [0.25, 0.3) is 0 Å². The van der Waals surface area contributed by atoms with Crippen molar-refractivity contribution in [1.82, 2.24) is 19.4 Å². The lowest BCUT2D eigenvalue weighted by Crippen LogP contribution is -2.37. The molecule has 0 bridgehead atoms. The summed E-state index contributed by atoms with van der Waals surface area (Å²) < 4.78 is 1.44. The molecule has 1 N–H and O–H groups in total. The smallest absolute Gasteiger partial charge is 0.250 e. The Hall–Kier alpha value is -2.70. The van der Waals surface area contributed by atoms with Crippen LogP contribution in [0.5, 0.6) is 0 Å². The fourth-order valence-electron chi connectivity index (χ4n) is 3.16. The van der Waals surface area contributed by atoms with Crippen LogP contribution in [0.4, 0.5) is 5.82 Å². The highest BCUT2D eigenvalue weighted by Crippen LogP contribution is 2.27. The highest BCUT2D eigenvalue weighted by atomic mass is 16.2. The first-order valence-corrected chi connectivity index (χ1v) is 8.73. The molecular formula is C18H21N5O2. The van der Waals surface area contributed by atoms with Gasteiger partial charge in [-0.2, -0.15) is 0 Å². The summed E-state index contributed by atoms with van der Waals surface area (Å²) in [5.74, 6) is 0.881. The molecule has 0 saturated heterocycles. The maximum atomic E-state index is 12.6. The van der Waals surface area contributed by atoms with E-state index in [1.807, 2.05) is 4.90 Å². The van der Waals surface area contributed by atoms with Crippen molar-refractivity contribution in [2.24, 2.45) is 0 Å². The highest BCUT2D eigenvalue weighted by Gasteiger charge is 2.26. The molecule has 130 valence electrons. The molecule has 2 aromatic heterocycles. The molecule has 2 aliphatic rings. The predicted octanol–water partition coefficient (Wildman–Crippen LogP) is 0.840. The molecule has 1 aliphatic carbocycles. The molecule has 4 rings (SSSR count). The number of aromatic nitrogens is 3. The van der Waals surface area contributed by atoms with E-state index in [0.29, 0.717) is 25.6 Å². The second-order valence-corrected chi connectivity index (χ2v) is 6.61. The number of nitrogens with one attached hydrogen (secondary N) is 1. The molecule has 7 heteroatoms. The monoisotopic (exact) mass is 339 g/mol. The van der Waals surface area contributed by atoms with Crippen molar-refractivity contribution in [3.8, 4) is 0 Å². The van der Waals surface area contributed by atoms with Crippen molar-refractivity contribution in [2.45, 2.75) is 38.3 Å². The second kappa shape index (κ2) is 6.66. The first-order chi connectivity index (χ1) is 12.2. The van der Waals surface area contributed by atoms with E-state index >= 15 is 0 Å². The van der Waals surface area contributed by atoms with Gasteiger partial charge >= 0.3 is 0 Å². The number of pyridine rings is 1. The van der Waals surface area contributed by atoms with Gasteiger partial charge in [0.05, 0.1) is 5.69 Å². The van der Waals surface area contributed by atoms with Gasteiger partial charge in [-0.25, -0.2) is 9.97 Å². The maximum Gasteiger partial charge on any atom is 0.250 e. The van der Waals surface area contributed by atoms with Gasteiger partial charge in [-0.15, -0.1) is 0 Å². The van der Waals surface area contributed by atoms with E-state index in [1.54, 1.807) is 24.7 Å². The van der Waals surface area contributed by atoms with Crippen molar-refractivity contribution in [2.75, 3.05) is 18.4 Å². The molecule has 1 saturated carbocycles. The molecule has 1 aliphatic heterocycles. The third-order valence-corrected chi connectivity index (χ3v) is 4.76. The van der Waals surface area contributed by atoms with Crippen molar-refractivity contribution < 1.29 is 4.79 Å². The average molecular weight is 339 g/mol. The lowest BCUT2D eigenvalue weighted by Gasteiger charge is -2.20. The molecule has 0 unspecified atom stereocenters. The van der Waals surface area contributed by atoms with Crippen LogP contribution in [0.2, 0.25) is 0 Å². The summed E-state index contributed by atoms with van der Waals surface area (Å²) in [5, 5.41) is 3.46. The molecule has 2 aromatic rings. The minimum atomic E-state index is -0.157. The Bertz CT molecular complexity index is 843. The largest absolute Gasteiger partial charge is 0.367 e. The summed E-state index contributed by atoms with van der Waals surface area (Å²) in [6.45, 7) is 1.32. The summed E-state index contributed by atoms with van der Waals surface area (Å²) in [4.78, 5) is 35.0. The molecule has 3 heterocycles. The Morgan fingerprint density at radius 3 is 2.84 bits per heavy atom. The summed E-state index contributed by atoms with van der Waals surface area (Å²) >= 11 is 0. The first-order valence-electron chi connectivity index (χ1n) is 8.73. The molecule has 0 spiro atoms. The van der Waals surface area contributed by atoms with Crippen molar-refractivity contribution >= 4 is 11.7 Å². The molecule has 0 radical (unpaired) electrons. The van der Waals surface area contributed by atoms with E-state index in [0.717, 1.165) is 23.5 Å². The third kappa shape index (κ3) is 3.55. The van der Waals surface area contributed by atoms with Crippen molar-refractivity contribution in [1.29, 1.82) is 0 Å². The van der Waals surface area contributed by atoms with Gasteiger partial charge in [-0.3, -0.25) is 9.59 Å². The number of nitrogens with zero attached hydrogens (tertiary/aromatic N) is 4. The van der Waals surface area contributed by atoms with E-state index in [2.05, 4.69) is 15.3 Å². The van der Waals surface area contributed by atoms with Gasteiger partial charge in [-0.1, -0.05) is 6.07 Å².